The molecular formula is C15H28N2O5. The van der Waals surface area contributed by atoms with Crippen LogP contribution in [0.1, 0.15) is 59.8 Å². The molecule has 0 saturated carbocycles. The van der Waals surface area contributed by atoms with Gasteiger partial charge in [-0.1, -0.05) is 26.7 Å². The smallest absolute Gasteiger partial charge is 0.429 e. The molecule has 1 unspecified atom stereocenters. The minimum Gasteiger partial charge on any atom is -0.449 e. The van der Waals surface area contributed by atoms with Crippen molar-refractivity contribution in [2.24, 2.45) is 0 Å². The van der Waals surface area contributed by atoms with Crippen LogP contribution in [0, 0.1) is 0 Å². The number of nitrogens with one attached hydrogen (secondary N) is 1. The minimum atomic E-state index is -0.778. The summed E-state index contributed by atoms with van der Waals surface area (Å²) in [6, 6.07) is -0.736. The predicted molar refractivity (Wildman–Crippen MR) is 82.2 cm³/mol. The summed E-state index contributed by atoms with van der Waals surface area (Å²) >= 11 is 0. The van der Waals surface area contributed by atoms with E-state index < -0.39 is 18.2 Å². The Morgan fingerprint density at radius 1 is 1.00 bits per heavy atom. The van der Waals surface area contributed by atoms with Crippen LogP contribution in [0.4, 0.5) is 9.59 Å². The van der Waals surface area contributed by atoms with Crippen LogP contribution in [0.15, 0.2) is 0 Å². The predicted octanol–water partition coefficient (Wildman–Crippen LogP) is 3.03. The summed E-state index contributed by atoms with van der Waals surface area (Å²) in [4.78, 5) is 36.0. The number of ketones is 1. The number of carbonyl (C=O) groups excluding carboxylic acids is 3. The molecule has 2 amide bonds. The average Bonchev–Trinajstić information content (AvgIpc) is 2.48. The summed E-state index contributed by atoms with van der Waals surface area (Å²) in [5.74, 6) is -0.0893. The van der Waals surface area contributed by atoms with E-state index in [1.807, 2.05) is 13.8 Å². The van der Waals surface area contributed by atoms with E-state index in [2.05, 4.69) is 5.43 Å². The molecule has 0 aromatic carbocycles. The first-order valence-electron chi connectivity index (χ1n) is 7.93. The van der Waals surface area contributed by atoms with Gasteiger partial charge in [0, 0.05) is 6.42 Å². The van der Waals surface area contributed by atoms with Crippen LogP contribution < -0.4 is 5.43 Å². The van der Waals surface area contributed by atoms with Gasteiger partial charge in [0.2, 0.25) is 0 Å². The monoisotopic (exact) mass is 316 g/mol. The van der Waals surface area contributed by atoms with Gasteiger partial charge in [0.25, 0.3) is 0 Å². The normalized spacial score (nSPS) is 11.5. The number of Topliss-reactive ketones (excluding diaryl/α,β-unsaturated/α-hetero) is 1. The van der Waals surface area contributed by atoms with Crippen molar-refractivity contribution in [3.05, 3.63) is 0 Å². The topological polar surface area (TPSA) is 84.9 Å². The molecule has 0 aliphatic carbocycles. The Morgan fingerprint density at radius 2 is 1.64 bits per heavy atom. The van der Waals surface area contributed by atoms with E-state index in [1.54, 1.807) is 13.8 Å². The fourth-order valence-electron chi connectivity index (χ4n) is 1.93. The molecule has 1 N–H and O–H groups in total. The van der Waals surface area contributed by atoms with E-state index in [0.717, 1.165) is 17.9 Å². The highest BCUT2D eigenvalue weighted by molar-refractivity contribution is 5.88. The Bertz CT molecular complexity index is 360. The van der Waals surface area contributed by atoms with Gasteiger partial charge in [-0.25, -0.2) is 20.0 Å². The Kier molecular flexibility index (Phi) is 10.9. The van der Waals surface area contributed by atoms with E-state index in [1.165, 1.54) is 0 Å². The van der Waals surface area contributed by atoms with Crippen molar-refractivity contribution in [1.29, 1.82) is 0 Å². The van der Waals surface area contributed by atoms with E-state index in [0.29, 0.717) is 19.3 Å². The molecular weight excluding hydrogens is 288 g/mol. The molecule has 0 rings (SSSR count). The van der Waals surface area contributed by atoms with E-state index >= 15 is 0 Å². The Morgan fingerprint density at radius 3 is 2.14 bits per heavy atom. The highest BCUT2D eigenvalue weighted by atomic mass is 16.6. The van der Waals surface area contributed by atoms with Gasteiger partial charge >= 0.3 is 12.2 Å². The van der Waals surface area contributed by atoms with Crippen molar-refractivity contribution in [3.8, 4) is 0 Å². The zero-order valence-corrected chi connectivity index (χ0v) is 14.0. The van der Waals surface area contributed by atoms with E-state index in [9.17, 15) is 14.4 Å². The van der Waals surface area contributed by atoms with Gasteiger partial charge in [-0.3, -0.25) is 4.79 Å². The molecule has 0 aliphatic rings. The number of rotatable bonds is 9. The molecule has 0 spiro atoms. The van der Waals surface area contributed by atoms with Crippen LogP contribution in [-0.4, -0.2) is 42.2 Å². The van der Waals surface area contributed by atoms with Crippen molar-refractivity contribution in [2.45, 2.75) is 65.8 Å². The summed E-state index contributed by atoms with van der Waals surface area (Å²) in [6.07, 6.45) is 1.61. The zero-order chi connectivity index (χ0) is 17.0. The maximum Gasteiger partial charge on any atom is 0.429 e. The van der Waals surface area contributed by atoms with Gasteiger partial charge < -0.3 is 9.47 Å². The first kappa shape index (κ1) is 20.2. The minimum absolute atomic E-state index is 0.0893. The number of unbranched alkanes of at least 4 members (excludes halogenated alkanes) is 1. The van der Waals surface area contributed by atoms with Crippen molar-refractivity contribution in [3.63, 3.8) is 0 Å². The summed E-state index contributed by atoms with van der Waals surface area (Å²) in [6.45, 7) is 7.54. The molecule has 22 heavy (non-hydrogen) atoms. The highest BCUT2D eigenvalue weighted by Crippen LogP contribution is 2.12. The molecule has 1 atom stereocenters. The molecule has 0 aromatic heterocycles. The molecule has 0 heterocycles. The lowest BCUT2D eigenvalue weighted by molar-refractivity contribution is -0.125. The van der Waals surface area contributed by atoms with Gasteiger partial charge in [0.15, 0.2) is 5.78 Å². The molecule has 0 fully saturated rings. The summed E-state index contributed by atoms with van der Waals surface area (Å²) in [5, 5.41) is 0.961. The fraction of sp³-hybridized carbons (Fsp3) is 0.800. The number of hydrogen-bond acceptors (Lipinski definition) is 5. The zero-order valence-electron chi connectivity index (χ0n) is 14.0. The molecule has 128 valence electrons. The summed E-state index contributed by atoms with van der Waals surface area (Å²) in [5.41, 5.74) is 2.32. The van der Waals surface area contributed by atoms with Crippen LogP contribution in [-0.2, 0) is 14.3 Å². The van der Waals surface area contributed by atoms with Gasteiger partial charge in [-0.2, -0.15) is 0 Å². The number of carbonyl (C=O) groups is 3. The Hall–Kier alpha value is -1.79. The first-order valence-corrected chi connectivity index (χ1v) is 7.93. The van der Waals surface area contributed by atoms with Crippen LogP contribution in [0.25, 0.3) is 0 Å². The largest absolute Gasteiger partial charge is 0.449 e. The molecule has 7 nitrogen and oxygen atoms in total. The average molecular weight is 316 g/mol. The third-order valence-corrected chi connectivity index (χ3v) is 2.97. The number of hydrazine groups is 1. The lowest BCUT2D eigenvalue weighted by atomic mass is 10.0. The third-order valence-electron chi connectivity index (χ3n) is 2.97. The van der Waals surface area contributed by atoms with E-state index in [4.69, 9.17) is 9.47 Å². The molecule has 0 radical (unpaired) electrons. The molecule has 0 bridgehead atoms. The van der Waals surface area contributed by atoms with Crippen molar-refractivity contribution in [1.82, 2.24) is 10.4 Å². The Labute approximate surface area is 132 Å². The van der Waals surface area contributed by atoms with Crippen LogP contribution in [0.5, 0.6) is 0 Å². The molecule has 0 aromatic rings. The third kappa shape index (κ3) is 7.28. The molecule has 0 saturated heterocycles. The summed E-state index contributed by atoms with van der Waals surface area (Å²) < 4.78 is 9.71. The highest BCUT2D eigenvalue weighted by Gasteiger charge is 2.31. The summed E-state index contributed by atoms with van der Waals surface area (Å²) in [7, 11) is 0. The van der Waals surface area contributed by atoms with Crippen molar-refractivity contribution in [2.75, 3.05) is 13.2 Å². The maximum atomic E-state index is 12.3. The molecule has 7 heteroatoms. The second kappa shape index (κ2) is 11.8. The number of amides is 2. The lowest BCUT2D eigenvalue weighted by Crippen LogP contribution is -2.55. The Balaban J connectivity index is 5.12. The van der Waals surface area contributed by atoms with Crippen molar-refractivity contribution >= 4 is 18.0 Å². The molecule has 0 aliphatic heterocycles. The maximum absolute atomic E-state index is 12.3. The second-order valence-electron chi connectivity index (χ2n) is 4.78. The van der Waals surface area contributed by atoms with E-state index in [-0.39, 0.29) is 19.0 Å². The standard InChI is InChI=1S/C15H28N2O5/c1-5-9-11-13(18)12(10-6-2)17(15(20)22-8-4)16-14(19)21-7-3/h12H,5-11H2,1-4H3,(H,16,19). The second-order valence-corrected chi connectivity index (χ2v) is 4.78. The van der Waals surface area contributed by atoms with Gasteiger partial charge in [0.05, 0.1) is 13.2 Å². The SMILES string of the molecule is CCCCC(=O)C(CCC)N(NC(=O)OCC)C(=O)OCC. The van der Waals surface area contributed by atoms with Crippen molar-refractivity contribution < 1.29 is 23.9 Å². The quantitative estimate of drug-likeness (QED) is 0.661. The lowest BCUT2D eigenvalue weighted by Gasteiger charge is -2.29. The van der Waals surface area contributed by atoms with Crippen LogP contribution >= 0.6 is 0 Å². The van der Waals surface area contributed by atoms with Gasteiger partial charge in [-0.05, 0) is 26.7 Å². The fourth-order valence-corrected chi connectivity index (χ4v) is 1.93. The van der Waals surface area contributed by atoms with Crippen LogP contribution in [0.2, 0.25) is 0 Å². The number of hydrogen-bond donors (Lipinski definition) is 1. The first-order chi connectivity index (χ1) is 10.5. The van der Waals surface area contributed by atoms with Crippen LogP contribution in [0.3, 0.4) is 0 Å². The van der Waals surface area contributed by atoms with Gasteiger partial charge in [-0.15, -0.1) is 0 Å². The number of nitrogens with zero attached hydrogens (tertiary/aromatic N) is 1. The number of ether oxygens (including phenoxy) is 2. The van der Waals surface area contributed by atoms with Gasteiger partial charge in [0.1, 0.15) is 6.04 Å².